The minimum atomic E-state index is -0.722. The molecule has 5 aromatic rings. The van der Waals surface area contributed by atoms with E-state index >= 15 is 0 Å². The van der Waals surface area contributed by atoms with Gasteiger partial charge in [0.2, 0.25) is 0 Å². The zero-order valence-corrected chi connectivity index (χ0v) is 29.7. The molecule has 1 N–H and O–H groups in total. The van der Waals surface area contributed by atoms with Crippen LogP contribution in [0.5, 0.6) is 11.5 Å². The molecule has 0 unspecified atom stereocenters. The van der Waals surface area contributed by atoms with Crippen LogP contribution in [0.2, 0.25) is 0 Å². The molecule has 7 nitrogen and oxygen atoms in total. The number of anilines is 1. The van der Waals surface area contributed by atoms with Gasteiger partial charge in [0.05, 0.1) is 36.1 Å². The summed E-state index contributed by atoms with van der Waals surface area (Å²) in [6.45, 7) is 2.09. The first-order valence-electron chi connectivity index (χ1n) is 14.1. The molecule has 1 atom stereocenters. The SMILES string of the molecule is COc1cccc([C@H]2C(C(=O)Nc3ccccc3)=C(C)N=c3s/c(=C\c4cc(I)c(OCc5ccc(F)cc5)c(I)c4)c(=O)n32)c1. The number of carbonyl (C=O) groups excluding carboxylic acids is 1. The van der Waals surface area contributed by atoms with E-state index in [1.165, 1.54) is 23.5 Å². The quantitative estimate of drug-likeness (QED) is 0.174. The Labute approximate surface area is 295 Å². The average molecular weight is 857 g/mol. The van der Waals surface area contributed by atoms with Gasteiger partial charge in [-0.05, 0) is 123 Å². The number of allylic oxidation sites excluding steroid dienone is 1. The molecule has 46 heavy (non-hydrogen) atoms. The third kappa shape index (κ3) is 6.81. The van der Waals surface area contributed by atoms with E-state index < -0.39 is 6.04 Å². The smallest absolute Gasteiger partial charge is 0.271 e. The zero-order chi connectivity index (χ0) is 32.4. The van der Waals surface area contributed by atoms with Crippen molar-refractivity contribution >= 4 is 74.2 Å². The highest BCUT2D eigenvalue weighted by Gasteiger charge is 2.32. The number of nitrogens with one attached hydrogen (secondary N) is 1. The van der Waals surface area contributed by atoms with Crippen molar-refractivity contribution < 1.29 is 18.7 Å². The third-order valence-corrected chi connectivity index (χ3v) is 9.91. The maximum absolute atomic E-state index is 14.2. The summed E-state index contributed by atoms with van der Waals surface area (Å²) in [7, 11) is 1.58. The lowest BCUT2D eigenvalue weighted by molar-refractivity contribution is -0.113. The highest BCUT2D eigenvalue weighted by Crippen LogP contribution is 2.33. The number of thiazole rings is 1. The van der Waals surface area contributed by atoms with Crippen molar-refractivity contribution in [3.63, 3.8) is 0 Å². The molecule has 0 spiro atoms. The second-order valence-corrected chi connectivity index (χ2v) is 13.7. The van der Waals surface area contributed by atoms with Crippen molar-refractivity contribution in [2.45, 2.75) is 19.6 Å². The van der Waals surface area contributed by atoms with Crippen molar-refractivity contribution in [2.75, 3.05) is 12.4 Å². The van der Waals surface area contributed by atoms with Crippen molar-refractivity contribution in [1.82, 2.24) is 4.57 Å². The molecule has 1 aliphatic heterocycles. The van der Waals surface area contributed by atoms with Gasteiger partial charge in [0.15, 0.2) is 4.80 Å². The van der Waals surface area contributed by atoms with Crippen LogP contribution < -0.4 is 29.7 Å². The second kappa shape index (κ2) is 13.9. The molecule has 0 saturated carbocycles. The van der Waals surface area contributed by atoms with Gasteiger partial charge >= 0.3 is 0 Å². The third-order valence-electron chi connectivity index (χ3n) is 7.32. The van der Waals surface area contributed by atoms with E-state index in [2.05, 4.69) is 50.5 Å². The second-order valence-electron chi connectivity index (χ2n) is 10.4. The van der Waals surface area contributed by atoms with Gasteiger partial charge in [0.25, 0.3) is 11.5 Å². The van der Waals surface area contributed by atoms with Gasteiger partial charge in [0.1, 0.15) is 23.9 Å². The highest BCUT2D eigenvalue weighted by molar-refractivity contribution is 14.1. The van der Waals surface area contributed by atoms with Crippen LogP contribution in [-0.4, -0.2) is 17.6 Å². The number of para-hydroxylation sites is 1. The number of hydrogen-bond acceptors (Lipinski definition) is 6. The molecule has 0 radical (unpaired) electrons. The first-order chi connectivity index (χ1) is 22.2. The Kier molecular flexibility index (Phi) is 9.70. The van der Waals surface area contributed by atoms with Crippen LogP contribution in [0.4, 0.5) is 10.1 Å². The van der Waals surface area contributed by atoms with E-state index in [0.717, 1.165) is 23.8 Å². The number of carbonyl (C=O) groups is 1. The Balaban J connectivity index is 1.39. The molecule has 0 saturated heterocycles. The lowest BCUT2D eigenvalue weighted by Crippen LogP contribution is -2.40. The molecule has 0 fully saturated rings. The Morgan fingerprint density at radius 1 is 1.02 bits per heavy atom. The number of methoxy groups -OCH3 is 1. The normalized spacial score (nSPS) is 14.5. The van der Waals surface area contributed by atoms with Crippen molar-refractivity contribution in [3.05, 3.63) is 152 Å². The monoisotopic (exact) mass is 857 g/mol. The van der Waals surface area contributed by atoms with Crippen LogP contribution in [0, 0.1) is 13.0 Å². The van der Waals surface area contributed by atoms with Crippen molar-refractivity contribution in [2.24, 2.45) is 4.99 Å². The number of nitrogens with zero attached hydrogens (tertiary/aromatic N) is 2. The standard InChI is InChI=1S/C35H26FI2N3O4S/c1-20-30(33(42)40-25-8-4-3-5-9-25)31(23-7-6-10-26(18-23)44-2)41-34(43)29(46-35(41)39-20)17-22-15-27(37)32(28(38)16-22)45-19-21-11-13-24(36)14-12-21/h3-18,31H,19H2,1-2H3,(H,40,42)/b29-17-/t31-/m0/s1. The summed E-state index contributed by atoms with van der Waals surface area (Å²) >= 11 is 5.71. The first kappa shape index (κ1) is 32.1. The predicted molar refractivity (Wildman–Crippen MR) is 194 cm³/mol. The van der Waals surface area contributed by atoms with Crippen LogP contribution in [0.1, 0.15) is 29.7 Å². The molecular weight excluding hydrogens is 831 g/mol. The number of ether oxygens (including phenoxy) is 2. The number of benzene rings is 4. The zero-order valence-electron chi connectivity index (χ0n) is 24.6. The van der Waals surface area contributed by atoms with Gasteiger partial charge in [-0.15, -0.1) is 0 Å². The summed E-state index contributed by atoms with van der Waals surface area (Å²) in [5, 5.41) is 2.97. The summed E-state index contributed by atoms with van der Waals surface area (Å²) in [6, 6.07) is 26.0. The lowest BCUT2D eigenvalue weighted by atomic mass is 9.95. The fourth-order valence-electron chi connectivity index (χ4n) is 5.15. The van der Waals surface area contributed by atoms with Gasteiger partial charge in [-0.1, -0.05) is 53.8 Å². The van der Waals surface area contributed by atoms with Crippen molar-refractivity contribution in [3.8, 4) is 11.5 Å². The first-order valence-corrected chi connectivity index (χ1v) is 17.1. The molecule has 1 aliphatic rings. The van der Waals surface area contributed by atoms with Crippen LogP contribution in [0.15, 0.2) is 112 Å². The maximum atomic E-state index is 14.2. The van der Waals surface area contributed by atoms with Crippen LogP contribution in [-0.2, 0) is 11.4 Å². The highest BCUT2D eigenvalue weighted by atomic mass is 127. The molecule has 1 aromatic heterocycles. The summed E-state index contributed by atoms with van der Waals surface area (Å²) in [5.74, 6) is 0.698. The Morgan fingerprint density at radius 2 is 1.74 bits per heavy atom. The Bertz CT molecular complexity index is 2140. The number of hydrogen-bond donors (Lipinski definition) is 1. The van der Waals surface area contributed by atoms with Crippen LogP contribution >= 0.6 is 56.5 Å². The summed E-state index contributed by atoms with van der Waals surface area (Å²) < 4.78 is 28.7. The fourth-order valence-corrected chi connectivity index (χ4v) is 8.32. The lowest BCUT2D eigenvalue weighted by Gasteiger charge is -2.25. The maximum Gasteiger partial charge on any atom is 0.271 e. The molecule has 4 aromatic carbocycles. The van der Waals surface area contributed by atoms with Gasteiger partial charge in [-0.25, -0.2) is 9.38 Å². The van der Waals surface area contributed by atoms with Gasteiger partial charge < -0.3 is 14.8 Å². The number of halogens is 3. The fraction of sp³-hybridized carbons (Fsp3) is 0.114. The largest absolute Gasteiger partial charge is 0.497 e. The minimum Gasteiger partial charge on any atom is -0.497 e. The van der Waals surface area contributed by atoms with E-state index in [1.807, 2.05) is 72.8 Å². The average Bonchev–Trinajstić information content (AvgIpc) is 3.34. The molecule has 2 heterocycles. The molecule has 11 heteroatoms. The molecule has 232 valence electrons. The molecule has 6 rings (SSSR count). The summed E-state index contributed by atoms with van der Waals surface area (Å²) in [4.78, 5) is 33.2. The van der Waals surface area contributed by atoms with E-state index in [1.54, 1.807) is 30.7 Å². The van der Waals surface area contributed by atoms with E-state index in [-0.39, 0.29) is 17.3 Å². The molecular formula is C35H26FI2N3O4S. The molecule has 1 amide bonds. The molecule has 0 aliphatic carbocycles. The van der Waals surface area contributed by atoms with Gasteiger partial charge in [-0.2, -0.15) is 0 Å². The van der Waals surface area contributed by atoms with Crippen LogP contribution in [0.25, 0.3) is 6.08 Å². The number of fused-ring (bicyclic) bond motifs is 1. The van der Waals surface area contributed by atoms with E-state index in [0.29, 0.717) is 44.4 Å². The van der Waals surface area contributed by atoms with E-state index in [4.69, 9.17) is 14.5 Å². The van der Waals surface area contributed by atoms with Crippen molar-refractivity contribution in [1.29, 1.82) is 0 Å². The predicted octanol–water partition coefficient (Wildman–Crippen LogP) is 6.81. The summed E-state index contributed by atoms with van der Waals surface area (Å²) in [6.07, 6.45) is 1.84. The van der Waals surface area contributed by atoms with Crippen LogP contribution in [0.3, 0.4) is 0 Å². The number of amides is 1. The Hall–Kier alpha value is -3.82. The number of rotatable bonds is 8. The van der Waals surface area contributed by atoms with Gasteiger partial charge in [-0.3, -0.25) is 14.2 Å². The minimum absolute atomic E-state index is 0.254. The summed E-state index contributed by atoms with van der Waals surface area (Å²) in [5.41, 5.74) is 3.70. The topological polar surface area (TPSA) is 81.9 Å². The molecule has 0 bridgehead atoms. The van der Waals surface area contributed by atoms with E-state index in [9.17, 15) is 14.0 Å². The van der Waals surface area contributed by atoms with Gasteiger partial charge in [0, 0.05) is 5.69 Å². The Morgan fingerprint density at radius 3 is 2.43 bits per heavy atom. The number of aromatic nitrogens is 1.